The number of ether oxygens (including phenoxy) is 2. The number of anilines is 1. The summed E-state index contributed by atoms with van der Waals surface area (Å²) in [5.41, 5.74) is 4.42. The normalized spacial score (nSPS) is 12.5. The highest BCUT2D eigenvalue weighted by molar-refractivity contribution is 7.22. The highest BCUT2D eigenvalue weighted by Gasteiger charge is 2.24. The number of pyridine rings is 2. The van der Waals surface area contributed by atoms with Crippen molar-refractivity contribution in [3.63, 3.8) is 0 Å². The summed E-state index contributed by atoms with van der Waals surface area (Å²) in [4.78, 5) is 28.6. The number of aromatic nitrogens is 3. The van der Waals surface area contributed by atoms with Crippen molar-refractivity contribution in [2.45, 2.75) is 6.54 Å². The monoisotopic (exact) mass is 480 g/mol. The van der Waals surface area contributed by atoms with E-state index in [-0.39, 0.29) is 5.91 Å². The molecule has 5 aromatic rings. The first-order valence-electron chi connectivity index (χ1n) is 11.2. The highest BCUT2D eigenvalue weighted by atomic mass is 32.1. The van der Waals surface area contributed by atoms with Gasteiger partial charge in [0, 0.05) is 30.4 Å². The van der Waals surface area contributed by atoms with Crippen molar-refractivity contribution in [3.8, 4) is 22.6 Å². The van der Waals surface area contributed by atoms with Gasteiger partial charge in [0.25, 0.3) is 5.91 Å². The van der Waals surface area contributed by atoms with Crippen molar-refractivity contribution >= 4 is 32.6 Å². The second-order valence-electron chi connectivity index (χ2n) is 8.03. The standard InChI is InChI=1S/C27H20N4O3S/c32-26(21-4-6-23-24(14-21)34-13-12-33-23)31(17-18-2-1-9-29-16-18)27-30-22-5-3-20(15-25(22)35-27)19-7-10-28-11-8-19/h1-11,14-16H,12-13,17H2. The van der Waals surface area contributed by atoms with Crippen LogP contribution in [0.3, 0.4) is 0 Å². The van der Waals surface area contributed by atoms with Crippen LogP contribution in [0.15, 0.2) is 85.5 Å². The van der Waals surface area contributed by atoms with E-state index >= 15 is 0 Å². The van der Waals surface area contributed by atoms with E-state index in [4.69, 9.17) is 14.5 Å². The number of fused-ring (bicyclic) bond motifs is 2. The summed E-state index contributed by atoms with van der Waals surface area (Å²) in [6.45, 7) is 1.31. The van der Waals surface area contributed by atoms with Gasteiger partial charge in [0.15, 0.2) is 16.6 Å². The van der Waals surface area contributed by atoms with Crippen LogP contribution in [0.2, 0.25) is 0 Å². The highest BCUT2D eigenvalue weighted by Crippen LogP contribution is 2.35. The minimum atomic E-state index is -0.167. The van der Waals surface area contributed by atoms with Gasteiger partial charge in [0.2, 0.25) is 0 Å². The number of benzene rings is 2. The van der Waals surface area contributed by atoms with Crippen LogP contribution in [-0.2, 0) is 6.54 Å². The molecule has 0 aliphatic carbocycles. The van der Waals surface area contributed by atoms with E-state index in [0.29, 0.717) is 42.0 Å². The molecule has 0 fully saturated rings. The third-order valence-corrected chi connectivity index (χ3v) is 6.76. The molecule has 7 nitrogen and oxygen atoms in total. The molecule has 3 aromatic heterocycles. The van der Waals surface area contributed by atoms with Crippen LogP contribution in [-0.4, -0.2) is 34.1 Å². The SMILES string of the molecule is O=C(c1ccc2c(c1)OCCO2)N(Cc1cccnc1)c1nc2ccc(-c3ccncc3)cc2s1. The zero-order valence-corrected chi connectivity index (χ0v) is 19.4. The molecule has 0 unspecified atom stereocenters. The number of carbonyl (C=O) groups excluding carboxylic acids is 1. The lowest BCUT2D eigenvalue weighted by Gasteiger charge is -2.22. The molecule has 0 saturated heterocycles. The average molecular weight is 481 g/mol. The first kappa shape index (κ1) is 21.2. The molecule has 0 radical (unpaired) electrons. The molecule has 172 valence electrons. The smallest absolute Gasteiger partial charge is 0.260 e. The quantitative estimate of drug-likeness (QED) is 0.337. The maximum Gasteiger partial charge on any atom is 0.260 e. The maximum absolute atomic E-state index is 13.8. The van der Waals surface area contributed by atoms with E-state index in [1.165, 1.54) is 11.3 Å². The van der Waals surface area contributed by atoms with Crippen molar-refractivity contribution in [1.82, 2.24) is 15.0 Å². The lowest BCUT2D eigenvalue weighted by Crippen LogP contribution is -2.30. The lowest BCUT2D eigenvalue weighted by molar-refractivity contribution is 0.0984. The van der Waals surface area contributed by atoms with Crippen LogP contribution in [0.5, 0.6) is 11.5 Å². The van der Waals surface area contributed by atoms with Crippen molar-refractivity contribution < 1.29 is 14.3 Å². The lowest BCUT2D eigenvalue weighted by atomic mass is 10.1. The van der Waals surface area contributed by atoms with Gasteiger partial charge in [-0.2, -0.15) is 0 Å². The summed E-state index contributed by atoms with van der Waals surface area (Å²) < 4.78 is 12.3. The molecule has 0 atom stereocenters. The van der Waals surface area contributed by atoms with E-state index in [9.17, 15) is 4.79 Å². The van der Waals surface area contributed by atoms with Crippen LogP contribution in [0, 0.1) is 0 Å². The van der Waals surface area contributed by atoms with Crippen LogP contribution in [0.1, 0.15) is 15.9 Å². The van der Waals surface area contributed by atoms with E-state index < -0.39 is 0 Å². The summed E-state index contributed by atoms with van der Waals surface area (Å²) in [6.07, 6.45) is 7.03. The van der Waals surface area contributed by atoms with Crippen molar-refractivity contribution in [2.24, 2.45) is 0 Å². The van der Waals surface area contributed by atoms with E-state index in [0.717, 1.165) is 26.9 Å². The third-order valence-electron chi connectivity index (χ3n) is 5.72. The second-order valence-corrected chi connectivity index (χ2v) is 9.03. The molecule has 0 spiro atoms. The van der Waals surface area contributed by atoms with Gasteiger partial charge in [-0.1, -0.05) is 23.5 Å². The van der Waals surface area contributed by atoms with Crippen molar-refractivity contribution in [2.75, 3.05) is 18.1 Å². The molecule has 8 heteroatoms. The topological polar surface area (TPSA) is 77.4 Å². The van der Waals surface area contributed by atoms with Crippen LogP contribution in [0.25, 0.3) is 21.3 Å². The predicted molar refractivity (Wildman–Crippen MR) is 135 cm³/mol. The summed E-state index contributed by atoms with van der Waals surface area (Å²) in [7, 11) is 0. The molecule has 4 heterocycles. The molecule has 35 heavy (non-hydrogen) atoms. The Morgan fingerprint density at radius 1 is 0.886 bits per heavy atom. The fourth-order valence-electron chi connectivity index (χ4n) is 3.98. The number of rotatable bonds is 5. The van der Waals surface area contributed by atoms with Crippen LogP contribution >= 0.6 is 11.3 Å². The Balaban J connectivity index is 1.39. The molecular formula is C27H20N4O3S. The van der Waals surface area contributed by atoms with Crippen LogP contribution in [0.4, 0.5) is 5.13 Å². The Bertz CT molecular complexity index is 1510. The predicted octanol–water partition coefficient (Wildman–Crippen LogP) is 5.37. The molecule has 0 bridgehead atoms. The molecule has 1 aliphatic heterocycles. The minimum absolute atomic E-state index is 0.167. The largest absolute Gasteiger partial charge is 0.486 e. The zero-order chi connectivity index (χ0) is 23.6. The fourth-order valence-corrected chi connectivity index (χ4v) is 4.99. The number of hydrogen-bond acceptors (Lipinski definition) is 7. The first-order valence-corrected chi connectivity index (χ1v) is 12.0. The number of carbonyl (C=O) groups is 1. The van der Waals surface area contributed by atoms with Gasteiger partial charge in [-0.3, -0.25) is 19.7 Å². The molecule has 1 amide bonds. The fraction of sp³-hybridized carbons (Fsp3) is 0.111. The Labute approximate surface area is 205 Å². The van der Waals surface area contributed by atoms with Gasteiger partial charge in [0.1, 0.15) is 13.2 Å². The Morgan fingerprint density at radius 3 is 2.57 bits per heavy atom. The van der Waals surface area contributed by atoms with Gasteiger partial charge in [-0.25, -0.2) is 4.98 Å². The Morgan fingerprint density at radius 2 is 1.74 bits per heavy atom. The average Bonchev–Trinajstić information content (AvgIpc) is 3.35. The summed E-state index contributed by atoms with van der Waals surface area (Å²) in [5.74, 6) is 1.06. The molecule has 2 aromatic carbocycles. The van der Waals surface area contributed by atoms with E-state index in [1.54, 1.807) is 47.9 Å². The summed E-state index contributed by atoms with van der Waals surface area (Å²) in [6, 6.07) is 19.2. The molecular weight excluding hydrogens is 460 g/mol. The zero-order valence-electron chi connectivity index (χ0n) is 18.6. The van der Waals surface area contributed by atoms with Gasteiger partial charge in [-0.15, -0.1) is 0 Å². The van der Waals surface area contributed by atoms with E-state index in [2.05, 4.69) is 16.0 Å². The number of nitrogens with zero attached hydrogens (tertiary/aromatic N) is 4. The van der Waals surface area contributed by atoms with Gasteiger partial charge in [-0.05, 0) is 65.2 Å². The van der Waals surface area contributed by atoms with Gasteiger partial charge in [0.05, 0.1) is 16.8 Å². The molecule has 0 N–H and O–H groups in total. The number of hydrogen-bond donors (Lipinski definition) is 0. The van der Waals surface area contributed by atoms with Crippen molar-refractivity contribution in [1.29, 1.82) is 0 Å². The van der Waals surface area contributed by atoms with Crippen molar-refractivity contribution in [3.05, 3.63) is 96.6 Å². The Kier molecular flexibility index (Phi) is 5.56. The van der Waals surface area contributed by atoms with E-state index in [1.807, 2.05) is 36.4 Å². The molecule has 0 saturated carbocycles. The minimum Gasteiger partial charge on any atom is -0.486 e. The Hall–Kier alpha value is -4.30. The van der Waals surface area contributed by atoms with Gasteiger partial charge >= 0.3 is 0 Å². The second kappa shape index (κ2) is 9.15. The van der Waals surface area contributed by atoms with Gasteiger partial charge < -0.3 is 9.47 Å². The summed E-state index contributed by atoms with van der Waals surface area (Å²) in [5, 5.41) is 0.621. The van der Waals surface area contributed by atoms with Crippen LogP contribution < -0.4 is 14.4 Å². The number of amides is 1. The maximum atomic E-state index is 13.8. The molecule has 1 aliphatic rings. The number of thiazole rings is 1. The third kappa shape index (κ3) is 4.31. The summed E-state index contributed by atoms with van der Waals surface area (Å²) >= 11 is 1.49. The first-order chi connectivity index (χ1) is 17.2. The molecule has 6 rings (SSSR count).